The van der Waals surface area contributed by atoms with Crippen molar-refractivity contribution in [2.45, 2.75) is 12.8 Å². The molecule has 1 aromatic rings. The van der Waals surface area contributed by atoms with Gasteiger partial charge in [0.25, 0.3) is 0 Å². The lowest BCUT2D eigenvalue weighted by Crippen LogP contribution is -2.11. The lowest BCUT2D eigenvalue weighted by Gasteiger charge is -2.08. The smallest absolute Gasteiger partial charge is 0.248 e. The molecule has 0 radical (unpaired) electrons. The molecule has 0 aliphatic carbocycles. The van der Waals surface area contributed by atoms with Gasteiger partial charge in [0, 0.05) is 5.56 Å². The fourth-order valence-corrected chi connectivity index (χ4v) is 1.42. The maximum Gasteiger partial charge on any atom is 0.248 e. The van der Waals surface area contributed by atoms with Gasteiger partial charge < -0.3 is 16.2 Å². The number of primary amides is 1. The van der Waals surface area contributed by atoms with E-state index >= 15 is 0 Å². The highest BCUT2D eigenvalue weighted by Crippen LogP contribution is 2.21. The number of hydrogen-bond acceptors (Lipinski definition) is 3. The largest absolute Gasteiger partial charge is 0.496 e. The summed E-state index contributed by atoms with van der Waals surface area (Å²) in [4.78, 5) is 11.0. The number of amides is 1. The van der Waals surface area contributed by atoms with Crippen LogP contribution in [-0.4, -0.2) is 19.6 Å². The predicted molar refractivity (Wildman–Crippen MR) is 58.9 cm³/mol. The predicted octanol–water partition coefficient (Wildman–Crippen LogP) is 0.685. The number of carbonyl (C=O) groups excluding carboxylic acids is 1. The first-order valence-corrected chi connectivity index (χ1v) is 4.86. The van der Waals surface area contributed by atoms with E-state index in [-0.39, 0.29) is 0 Å². The van der Waals surface area contributed by atoms with Gasteiger partial charge in [0.15, 0.2) is 0 Å². The maximum atomic E-state index is 11.0. The second-order valence-corrected chi connectivity index (χ2v) is 3.28. The van der Waals surface area contributed by atoms with Crippen LogP contribution in [-0.2, 0) is 6.42 Å². The number of nitrogens with two attached hydrogens (primary N) is 2. The molecular weight excluding hydrogens is 192 g/mol. The van der Waals surface area contributed by atoms with Crippen molar-refractivity contribution in [1.82, 2.24) is 0 Å². The Hall–Kier alpha value is -1.55. The minimum Gasteiger partial charge on any atom is -0.496 e. The van der Waals surface area contributed by atoms with Gasteiger partial charge in [0.05, 0.1) is 7.11 Å². The Morgan fingerprint density at radius 2 is 2.20 bits per heavy atom. The zero-order valence-electron chi connectivity index (χ0n) is 8.82. The van der Waals surface area contributed by atoms with Crippen molar-refractivity contribution in [2.75, 3.05) is 13.7 Å². The summed E-state index contributed by atoms with van der Waals surface area (Å²) < 4.78 is 5.18. The Labute approximate surface area is 89.2 Å². The van der Waals surface area contributed by atoms with Gasteiger partial charge in [-0.15, -0.1) is 0 Å². The summed E-state index contributed by atoms with van der Waals surface area (Å²) >= 11 is 0. The molecule has 82 valence electrons. The summed E-state index contributed by atoms with van der Waals surface area (Å²) in [5, 5.41) is 0. The van der Waals surface area contributed by atoms with Gasteiger partial charge in [0.2, 0.25) is 5.91 Å². The first-order valence-electron chi connectivity index (χ1n) is 4.86. The topological polar surface area (TPSA) is 78.3 Å². The Kier molecular flexibility index (Phi) is 4.12. The highest BCUT2D eigenvalue weighted by Gasteiger charge is 2.06. The minimum atomic E-state index is -0.424. The molecule has 1 aromatic carbocycles. The molecular formula is C11H16N2O2. The molecule has 1 rings (SSSR count). The molecule has 4 heteroatoms. The van der Waals surface area contributed by atoms with Crippen molar-refractivity contribution in [3.05, 3.63) is 29.3 Å². The van der Waals surface area contributed by atoms with E-state index in [1.807, 2.05) is 0 Å². The van der Waals surface area contributed by atoms with E-state index in [1.54, 1.807) is 25.3 Å². The molecule has 0 saturated heterocycles. The van der Waals surface area contributed by atoms with Crippen LogP contribution in [0.15, 0.2) is 18.2 Å². The fraction of sp³-hybridized carbons (Fsp3) is 0.364. The molecule has 4 nitrogen and oxygen atoms in total. The molecule has 0 aliphatic heterocycles. The highest BCUT2D eigenvalue weighted by molar-refractivity contribution is 5.93. The van der Waals surface area contributed by atoms with Crippen LogP contribution in [0.5, 0.6) is 5.75 Å². The van der Waals surface area contributed by atoms with E-state index in [1.165, 1.54) is 0 Å². The minimum absolute atomic E-state index is 0.424. The van der Waals surface area contributed by atoms with Crippen LogP contribution in [0.25, 0.3) is 0 Å². The first-order chi connectivity index (χ1) is 7.19. The normalized spacial score (nSPS) is 10.0. The van der Waals surface area contributed by atoms with Crippen LogP contribution >= 0.6 is 0 Å². The first kappa shape index (κ1) is 11.5. The molecule has 0 spiro atoms. The van der Waals surface area contributed by atoms with E-state index in [2.05, 4.69) is 0 Å². The average Bonchev–Trinajstić information content (AvgIpc) is 2.25. The van der Waals surface area contributed by atoms with Gasteiger partial charge in [0.1, 0.15) is 5.75 Å². The quantitative estimate of drug-likeness (QED) is 0.747. The van der Waals surface area contributed by atoms with Gasteiger partial charge in [-0.3, -0.25) is 4.79 Å². The Morgan fingerprint density at radius 1 is 1.47 bits per heavy atom. The number of aryl methyl sites for hydroxylation is 1. The highest BCUT2D eigenvalue weighted by atomic mass is 16.5. The number of benzene rings is 1. The van der Waals surface area contributed by atoms with Crippen molar-refractivity contribution >= 4 is 5.91 Å². The van der Waals surface area contributed by atoms with Gasteiger partial charge in [-0.05, 0) is 43.1 Å². The molecule has 0 bridgehead atoms. The molecule has 0 unspecified atom stereocenters. The molecule has 0 heterocycles. The average molecular weight is 208 g/mol. The van der Waals surface area contributed by atoms with Crippen LogP contribution in [0.2, 0.25) is 0 Å². The standard InChI is InChI=1S/C11H16N2O2/c1-15-10-5-4-9(11(13)14)7-8(10)3-2-6-12/h4-5,7H,2-3,6,12H2,1H3,(H2,13,14). The van der Waals surface area contributed by atoms with Crippen LogP contribution in [0, 0.1) is 0 Å². The van der Waals surface area contributed by atoms with E-state index < -0.39 is 5.91 Å². The lowest BCUT2D eigenvalue weighted by atomic mass is 10.0. The van der Waals surface area contributed by atoms with E-state index in [0.717, 1.165) is 24.2 Å². The van der Waals surface area contributed by atoms with E-state index in [4.69, 9.17) is 16.2 Å². The summed E-state index contributed by atoms with van der Waals surface area (Å²) in [7, 11) is 1.60. The third-order valence-corrected chi connectivity index (χ3v) is 2.22. The molecule has 0 fully saturated rings. The van der Waals surface area contributed by atoms with Crippen molar-refractivity contribution in [2.24, 2.45) is 11.5 Å². The number of ether oxygens (including phenoxy) is 1. The number of carbonyl (C=O) groups is 1. The summed E-state index contributed by atoms with van der Waals surface area (Å²) in [6.07, 6.45) is 1.65. The van der Waals surface area contributed by atoms with Crippen molar-refractivity contribution in [1.29, 1.82) is 0 Å². The molecule has 0 saturated carbocycles. The van der Waals surface area contributed by atoms with Crippen molar-refractivity contribution < 1.29 is 9.53 Å². The zero-order chi connectivity index (χ0) is 11.3. The lowest BCUT2D eigenvalue weighted by molar-refractivity contribution is 0.1000. The Morgan fingerprint density at radius 3 is 2.73 bits per heavy atom. The molecule has 0 aromatic heterocycles. The fourth-order valence-electron chi connectivity index (χ4n) is 1.42. The van der Waals surface area contributed by atoms with Gasteiger partial charge in [-0.25, -0.2) is 0 Å². The molecule has 0 atom stereocenters. The van der Waals surface area contributed by atoms with Gasteiger partial charge in [-0.2, -0.15) is 0 Å². The second-order valence-electron chi connectivity index (χ2n) is 3.28. The number of rotatable bonds is 5. The summed E-state index contributed by atoms with van der Waals surface area (Å²) in [6.45, 7) is 0.615. The molecule has 4 N–H and O–H groups in total. The zero-order valence-corrected chi connectivity index (χ0v) is 8.82. The van der Waals surface area contributed by atoms with Crippen molar-refractivity contribution in [3.8, 4) is 5.75 Å². The van der Waals surface area contributed by atoms with E-state index in [9.17, 15) is 4.79 Å². The third-order valence-electron chi connectivity index (χ3n) is 2.22. The summed E-state index contributed by atoms with van der Waals surface area (Å²) in [5.41, 5.74) is 12.1. The van der Waals surface area contributed by atoms with Crippen molar-refractivity contribution in [3.63, 3.8) is 0 Å². The molecule has 0 aliphatic rings. The maximum absolute atomic E-state index is 11.0. The number of methoxy groups -OCH3 is 1. The summed E-state index contributed by atoms with van der Waals surface area (Å²) in [5.74, 6) is 0.347. The monoisotopic (exact) mass is 208 g/mol. The third kappa shape index (κ3) is 2.95. The van der Waals surface area contributed by atoms with Gasteiger partial charge in [-0.1, -0.05) is 0 Å². The van der Waals surface area contributed by atoms with Crippen LogP contribution in [0.4, 0.5) is 0 Å². The SMILES string of the molecule is COc1ccc(C(N)=O)cc1CCCN. The Bertz CT molecular complexity index is 350. The molecule has 1 amide bonds. The van der Waals surface area contributed by atoms with Gasteiger partial charge >= 0.3 is 0 Å². The second kappa shape index (κ2) is 5.36. The molecule has 15 heavy (non-hydrogen) atoms. The number of hydrogen-bond donors (Lipinski definition) is 2. The van der Waals surface area contributed by atoms with Crippen LogP contribution < -0.4 is 16.2 Å². The van der Waals surface area contributed by atoms with Crippen LogP contribution in [0.1, 0.15) is 22.3 Å². The summed E-state index contributed by atoms with van der Waals surface area (Å²) in [6, 6.07) is 5.18. The Balaban J connectivity index is 2.96. The van der Waals surface area contributed by atoms with Crippen LogP contribution in [0.3, 0.4) is 0 Å². The van der Waals surface area contributed by atoms with E-state index in [0.29, 0.717) is 12.1 Å².